The van der Waals surface area contributed by atoms with E-state index < -0.39 is 0 Å². The molecule has 1 aromatic heterocycles. The van der Waals surface area contributed by atoms with Crippen molar-refractivity contribution in [3.63, 3.8) is 0 Å². The van der Waals surface area contributed by atoms with Gasteiger partial charge in [-0.25, -0.2) is 9.97 Å². The third-order valence-corrected chi connectivity index (χ3v) is 3.20. The Morgan fingerprint density at radius 3 is 2.23 bits per heavy atom. The number of fused-ring (bicyclic) bond motifs is 1. The van der Waals surface area contributed by atoms with E-state index in [2.05, 4.69) is 15.3 Å². The highest BCUT2D eigenvalue weighted by atomic mass is 35.5. The maximum absolute atomic E-state index is 5.26. The molecule has 0 aliphatic rings. The fourth-order valence-corrected chi connectivity index (χ4v) is 2.07. The molecule has 0 saturated heterocycles. The summed E-state index contributed by atoms with van der Waals surface area (Å²) in [7, 11) is 3.29. The van der Waals surface area contributed by atoms with Crippen molar-refractivity contribution in [1.29, 1.82) is 0 Å². The van der Waals surface area contributed by atoms with E-state index in [0.29, 0.717) is 0 Å². The second kappa shape index (κ2) is 6.95. The van der Waals surface area contributed by atoms with Crippen LogP contribution in [0.5, 0.6) is 11.5 Å². The Bertz CT molecular complexity index is 763. The van der Waals surface area contributed by atoms with Crippen LogP contribution in [0.25, 0.3) is 10.9 Å². The number of methoxy groups -OCH3 is 2. The minimum Gasteiger partial charge on any atom is -1.00 e. The van der Waals surface area contributed by atoms with Crippen LogP contribution in [-0.4, -0.2) is 24.2 Å². The number of halogens is 1. The molecule has 0 unspecified atom stereocenters. The maximum atomic E-state index is 5.26. The average molecular weight is 317 g/mol. The van der Waals surface area contributed by atoms with Gasteiger partial charge in [-0.1, -0.05) is 0 Å². The molecule has 0 aliphatic heterocycles. The van der Waals surface area contributed by atoms with Crippen molar-refractivity contribution < 1.29 is 21.9 Å². The van der Waals surface area contributed by atoms with Gasteiger partial charge in [0, 0.05) is 11.1 Å². The summed E-state index contributed by atoms with van der Waals surface area (Å²) in [5.74, 6) is 2.33. The highest BCUT2D eigenvalue weighted by Gasteiger charge is 2.05. The molecular weight excluding hydrogens is 302 g/mol. The molecule has 5 nitrogen and oxygen atoms in total. The van der Waals surface area contributed by atoms with Crippen LogP contribution in [0.1, 0.15) is 0 Å². The van der Waals surface area contributed by atoms with E-state index in [0.717, 1.165) is 33.9 Å². The standard InChI is InChI=1S/C16H15N3O2.ClH/c1-20-12-5-3-11(4-6-12)19-16-14-9-13(21-2)7-8-15(14)17-10-18-16;/h3-10H,1-2H3,(H,17,18,19);1H/p-1. The SMILES string of the molecule is COc1ccc(Nc2ncnc3ccc(OC)cc23)cc1.[Cl-]. The van der Waals surface area contributed by atoms with Crippen molar-refractivity contribution >= 4 is 22.4 Å². The first kappa shape index (κ1) is 15.9. The zero-order valence-electron chi connectivity index (χ0n) is 12.2. The molecule has 3 aromatic rings. The van der Waals surface area contributed by atoms with Gasteiger partial charge in [-0.15, -0.1) is 0 Å². The number of hydrogen-bond donors (Lipinski definition) is 1. The van der Waals surface area contributed by atoms with Gasteiger partial charge in [-0.2, -0.15) is 0 Å². The van der Waals surface area contributed by atoms with E-state index in [1.54, 1.807) is 20.5 Å². The van der Waals surface area contributed by atoms with Crippen molar-refractivity contribution in [2.75, 3.05) is 19.5 Å². The smallest absolute Gasteiger partial charge is 0.141 e. The molecule has 22 heavy (non-hydrogen) atoms. The molecule has 0 bridgehead atoms. The highest BCUT2D eigenvalue weighted by Crippen LogP contribution is 2.27. The first-order valence-electron chi connectivity index (χ1n) is 6.50. The Morgan fingerprint density at radius 1 is 0.864 bits per heavy atom. The molecule has 0 atom stereocenters. The second-order valence-corrected chi connectivity index (χ2v) is 4.46. The van der Waals surface area contributed by atoms with Crippen molar-refractivity contribution in [2.45, 2.75) is 0 Å². The van der Waals surface area contributed by atoms with Crippen molar-refractivity contribution in [3.8, 4) is 11.5 Å². The lowest BCUT2D eigenvalue weighted by Gasteiger charge is -2.10. The molecule has 114 valence electrons. The summed E-state index contributed by atoms with van der Waals surface area (Å²) in [4.78, 5) is 8.57. The lowest BCUT2D eigenvalue weighted by Crippen LogP contribution is -3.00. The molecule has 6 heteroatoms. The number of benzene rings is 2. The van der Waals surface area contributed by atoms with Gasteiger partial charge >= 0.3 is 0 Å². The fraction of sp³-hybridized carbons (Fsp3) is 0.125. The van der Waals surface area contributed by atoms with Crippen molar-refractivity contribution in [1.82, 2.24) is 9.97 Å². The lowest BCUT2D eigenvalue weighted by molar-refractivity contribution is -0.00000493. The minimum atomic E-state index is 0. The van der Waals surface area contributed by atoms with E-state index >= 15 is 0 Å². The van der Waals surface area contributed by atoms with Crippen LogP contribution in [0.4, 0.5) is 11.5 Å². The third-order valence-electron chi connectivity index (χ3n) is 3.20. The molecule has 3 rings (SSSR count). The van der Waals surface area contributed by atoms with E-state index in [1.165, 1.54) is 0 Å². The first-order chi connectivity index (χ1) is 10.3. The zero-order chi connectivity index (χ0) is 14.7. The van der Waals surface area contributed by atoms with Gasteiger partial charge in [0.1, 0.15) is 23.6 Å². The Morgan fingerprint density at radius 2 is 1.55 bits per heavy atom. The second-order valence-electron chi connectivity index (χ2n) is 4.46. The Labute approximate surface area is 134 Å². The number of ether oxygens (including phenoxy) is 2. The van der Waals surface area contributed by atoms with Gasteiger partial charge in [-0.05, 0) is 42.5 Å². The topological polar surface area (TPSA) is 56.3 Å². The van der Waals surface area contributed by atoms with Crippen LogP contribution >= 0.6 is 0 Å². The van der Waals surface area contributed by atoms with E-state index in [4.69, 9.17) is 9.47 Å². The van der Waals surface area contributed by atoms with Crippen LogP contribution in [0.3, 0.4) is 0 Å². The van der Waals surface area contributed by atoms with Crippen LogP contribution in [-0.2, 0) is 0 Å². The minimum absolute atomic E-state index is 0. The van der Waals surface area contributed by atoms with Crippen LogP contribution in [0, 0.1) is 0 Å². The molecule has 0 fully saturated rings. The summed E-state index contributed by atoms with van der Waals surface area (Å²) in [5, 5.41) is 4.20. The summed E-state index contributed by atoms with van der Waals surface area (Å²) < 4.78 is 10.4. The monoisotopic (exact) mass is 316 g/mol. The first-order valence-corrected chi connectivity index (χ1v) is 6.50. The van der Waals surface area contributed by atoms with Crippen LogP contribution in [0.2, 0.25) is 0 Å². The van der Waals surface area contributed by atoms with Crippen molar-refractivity contribution in [2.24, 2.45) is 0 Å². The summed E-state index contributed by atoms with van der Waals surface area (Å²) >= 11 is 0. The van der Waals surface area contributed by atoms with Gasteiger partial charge in [0.25, 0.3) is 0 Å². The molecule has 0 aliphatic carbocycles. The number of nitrogens with zero attached hydrogens (tertiary/aromatic N) is 2. The highest BCUT2D eigenvalue weighted by molar-refractivity contribution is 5.91. The molecule has 1 heterocycles. The van der Waals surface area contributed by atoms with E-state index in [-0.39, 0.29) is 12.4 Å². The molecular formula is C16H15ClN3O2-. The lowest BCUT2D eigenvalue weighted by atomic mass is 10.2. The molecule has 0 amide bonds. The van der Waals surface area contributed by atoms with Gasteiger partial charge in [0.05, 0.1) is 19.7 Å². The normalized spacial score (nSPS) is 9.91. The number of aromatic nitrogens is 2. The Kier molecular flexibility index (Phi) is 5.01. The maximum Gasteiger partial charge on any atom is 0.141 e. The Hall–Kier alpha value is -2.53. The van der Waals surface area contributed by atoms with Crippen LogP contribution < -0.4 is 27.2 Å². The molecule has 0 radical (unpaired) electrons. The predicted molar refractivity (Wildman–Crippen MR) is 82.4 cm³/mol. The number of rotatable bonds is 4. The zero-order valence-corrected chi connectivity index (χ0v) is 13.0. The van der Waals surface area contributed by atoms with E-state index in [1.807, 2.05) is 42.5 Å². The van der Waals surface area contributed by atoms with Gasteiger partial charge in [0.15, 0.2) is 0 Å². The molecule has 0 spiro atoms. The summed E-state index contributed by atoms with van der Waals surface area (Å²) in [6, 6.07) is 13.4. The summed E-state index contributed by atoms with van der Waals surface area (Å²) in [5.41, 5.74) is 1.79. The summed E-state index contributed by atoms with van der Waals surface area (Å²) in [6.07, 6.45) is 1.54. The van der Waals surface area contributed by atoms with Gasteiger partial charge in [0.2, 0.25) is 0 Å². The molecule has 0 saturated carbocycles. The fourth-order valence-electron chi connectivity index (χ4n) is 2.07. The number of hydrogen-bond acceptors (Lipinski definition) is 5. The quantitative estimate of drug-likeness (QED) is 0.755. The average Bonchev–Trinajstić information content (AvgIpc) is 2.55. The number of nitrogens with one attached hydrogen (secondary N) is 1. The van der Waals surface area contributed by atoms with Crippen molar-refractivity contribution in [3.05, 3.63) is 48.8 Å². The number of anilines is 2. The Balaban J connectivity index is 0.00000176. The van der Waals surface area contributed by atoms with E-state index in [9.17, 15) is 0 Å². The summed E-state index contributed by atoms with van der Waals surface area (Å²) in [6.45, 7) is 0. The molecule has 2 aromatic carbocycles. The predicted octanol–water partition coefficient (Wildman–Crippen LogP) is 0.395. The van der Waals surface area contributed by atoms with Gasteiger partial charge in [-0.3, -0.25) is 0 Å². The largest absolute Gasteiger partial charge is 1.00 e. The third kappa shape index (κ3) is 3.20. The van der Waals surface area contributed by atoms with Crippen LogP contribution in [0.15, 0.2) is 48.8 Å². The molecule has 1 N–H and O–H groups in total. The van der Waals surface area contributed by atoms with Gasteiger partial charge < -0.3 is 27.2 Å².